The summed E-state index contributed by atoms with van der Waals surface area (Å²) < 4.78 is 175. The number of aryl methyl sites for hydroxylation is 1. The van der Waals surface area contributed by atoms with Crippen molar-refractivity contribution in [2.24, 2.45) is 0 Å². The standard InChI is InChI=1S/C55H32F12N2O2/c1-31-11-8-20-47(48(31)51(71)68(30-70)46-26-21-34(32-12-4-2-5-13-32)27-43(46)33-14-6-3-7-15-33)69-49-39(37-24-22-35(52(56,57)58)28-44(37)54(62,63)64)16-9-18-41(49)42-19-10-17-40(50(42)69)38-25-23-36(53(59,60)61)29-45(38)55(65,66)67/h2-30H,1H3. The van der Waals surface area contributed by atoms with E-state index in [0.29, 0.717) is 41.0 Å². The number of benzene rings is 8. The summed E-state index contributed by atoms with van der Waals surface area (Å²) >= 11 is 0. The minimum atomic E-state index is -5.41. The van der Waals surface area contributed by atoms with E-state index in [-0.39, 0.29) is 74.0 Å². The third kappa shape index (κ3) is 8.78. The van der Waals surface area contributed by atoms with Crippen molar-refractivity contribution < 1.29 is 62.3 Å². The van der Waals surface area contributed by atoms with Crippen LogP contribution in [0.5, 0.6) is 0 Å². The Labute approximate surface area is 395 Å². The summed E-state index contributed by atoms with van der Waals surface area (Å²) in [6.07, 6.45) is -21.0. The molecule has 0 spiro atoms. The molecule has 0 aliphatic carbocycles. The van der Waals surface area contributed by atoms with Gasteiger partial charge in [-0.15, -0.1) is 0 Å². The molecule has 2 amide bonds. The maximum absolute atomic E-state index is 15.4. The molecule has 16 heteroatoms. The second kappa shape index (κ2) is 17.7. The quantitative estimate of drug-likeness (QED) is 0.112. The van der Waals surface area contributed by atoms with E-state index in [0.717, 1.165) is 22.6 Å². The lowest BCUT2D eigenvalue weighted by Gasteiger charge is -2.24. The molecule has 9 rings (SSSR count). The van der Waals surface area contributed by atoms with Gasteiger partial charge in [0.15, 0.2) is 0 Å². The molecule has 0 atom stereocenters. The Morgan fingerprint density at radius 2 is 0.930 bits per heavy atom. The van der Waals surface area contributed by atoms with Gasteiger partial charge >= 0.3 is 24.7 Å². The maximum atomic E-state index is 15.4. The van der Waals surface area contributed by atoms with Crippen LogP contribution in [0.1, 0.15) is 38.2 Å². The SMILES string of the molecule is Cc1cccc(-n2c3c(-c4ccc(C(F)(F)F)cc4C(F)(F)F)cccc3c3cccc(-c4ccc(C(F)(F)F)cc4C(F)(F)F)c32)c1C(=O)N(C=O)c1ccc(-c2ccccc2)cc1-c1ccccc1. The van der Waals surface area contributed by atoms with Crippen molar-refractivity contribution in [1.82, 2.24) is 4.57 Å². The lowest BCUT2D eigenvalue weighted by atomic mass is 9.94. The molecule has 0 bridgehead atoms. The van der Waals surface area contributed by atoms with Crippen molar-refractivity contribution in [3.05, 3.63) is 203 Å². The molecule has 4 nitrogen and oxygen atoms in total. The third-order valence-corrected chi connectivity index (χ3v) is 12.2. The number of nitrogens with zero attached hydrogens (tertiary/aromatic N) is 2. The summed E-state index contributed by atoms with van der Waals surface area (Å²) in [5.41, 5.74) is -7.31. The van der Waals surface area contributed by atoms with E-state index >= 15 is 31.1 Å². The van der Waals surface area contributed by atoms with Gasteiger partial charge in [-0.2, -0.15) is 52.7 Å². The number of alkyl halides is 12. The fraction of sp³-hybridized carbons (Fsp3) is 0.0909. The van der Waals surface area contributed by atoms with Crippen molar-refractivity contribution in [3.8, 4) is 50.2 Å². The highest BCUT2D eigenvalue weighted by Crippen LogP contribution is 2.49. The van der Waals surface area contributed by atoms with E-state index < -0.39 is 64.0 Å². The van der Waals surface area contributed by atoms with Crippen LogP contribution in [0.2, 0.25) is 0 Å². The number of para-hydroxylation sites is 2. The van der Waals surface area contributed by atoms with Crippen molar-refractivity contribution >= 4 is 39.8 Å². The molecular weight excluding hydrogens is 949 g/mol. The summed E-state index contributed by atoms with van der Waals surface area (Å²) in [4.78, 5) is 29.7. The van der Waals surface area contributed by atoms with Crippen LogP contribution in [0, 0.1) is 6.92 Å². The molecule has 0 aliphatic heterocycles. The number of aromatic nitrogens is 1. The first-order valence-electron chi connectivity index (χ1n) is 21.4. The number of carbonyl (C=O) groups excluding carboxylic acids is 2. The van der Waals surface area contributed by atoms with Gasteiger partial charge in [0.1, 0.15) is 0 Å². The molecule has 0 radical (unpaired) electrons. The molecule has 0 saturated carbocycles. The summed E-state index contributed by atoms with van der Waals surface area (Å²) in [6.45, 7) is 1.47. The number of imide groups is 1. The molecule has 8 aromatic carbocycles. The van der Waals surface area contributed by atoms with E-state index in [1.807, 2.05) is 30.3 Å². The highest BCUT2D eigenvalue weighted by atomic mass is 19.4. The maximum Gasteiger partial charge on any atom is 0.417 e. The Bertz CT molecular complexity index is 3400. The van der Waals surface area contributed by atoms with Gasteiger partial charge in [0, 0.05) is 27.5 Å². The zero-order chi connectivity index (χ0) is 50.8. The number of carbonyl (C=O) groups is 2. The second-order valence-electron chi connectivity index (χ2n) is 16.5. The first-order valence-corrected chi connectivity index (χ1v) is 21.4. The van der Waals surface area contributed by atoms with Crippen LogP contribution in [0.4, 0.5) is 58.4 Å². The molecule has 0 aliphatic rings. The summed E-state index contributed by atoms with van der Waals surface area (Å²) in [6, 6.07) is 36.7. The first kappa shape index (κ1) is 47.9. The van der Waals surface area contributed by atoms with Gasteiger partial charge in [0.05, 0.1) is 50.2 Å². The molecule has 358 valence electrons. The van der Waals surface area contributed by atoms with Crippen molar-refractivity contribution in [2.45, 2.75) is 31.6 Å². The molecule has 9 aromatic rings. The molecular formula is C55H32F12N2O2. The average Bonchev–Trinajstić information content (AvgIpc) is 3.68. The monoisotopic (exact) mass is 980 g/mol. The van der Waals surface area contributed by atoms with Crippen molar-refractivity contribution in [3.63, 3.8) is 0 Å². The van der Waals surface area contributed by atoms with E-state index in [1.165, 1.54) is 60.0 Å². The van der Waals surface area contributed by atoms with Gasteiger partial charge in [-0.3, -0.25) is 9.59 Å². The van der Waals surface area contributed by atoms with Crippen LogP contribution in [-0.2, 0) is 29.5 Å². The van der Waals surface area contributed by atoms with Crippen LogP contribution in [0.15, 0.2) is 170 Å². The van der Waals surface area contributed by atoms with Crippen molar-refractivity contribution in [1.29, 1.82) is 0 Å². The number of rotatable bonds is 8. The normalized spacial score (nSPS) is 12.4. The molecule has 0 unspecified atom stereocenters. The summed E-state index contributed by atoms with van der Waals surface area (Å²) in [7, 11) is 0. The number of fused-ring (bicyclic) bond motifs is 3. The smallest absolute Gasteiger partial charge is 0.307 e. The number of anilines is 1. The van der Waals surface area contributed by atoms with Gasteiger partial charge in [-0.25, -0.2) is 4.90 Å². The molecule has 0 fully saturated rings. The van der Waals surface area contributed by atoms with E-state index in [9.17, 15) is 31.1 Å². The van der Waals surface area contributed by atoms with Crippen LogP contribution < -0.4 is 4.90 Å². The van der Waals surface area contributed by atoms with Crippen LogP contribution in [-0.4, -0.2) is 16.9 Å². The Morgan fingerprint density at radius 3 is 1.39 bits per heavy atom. The zero-order valence-corrected chi connectivity index (χ0v) is 36.5. The van der Waals surface area contributed by atoms with Crippen LogP contribution in [0.25, 0.3) is 72.0 Å². The Morgan fingerprint density at radius 1 is 0.451 bits per heavy atom. The number of hydrogen-bond acceptors (Lipinski definition) is 2. The van der Waals surface area contributed by atoms with Crippen LogP contribution >= 0.6 is 0 Å². The first-order chi connectivity index (χ1) is 33.6. The zero-order valence-electron chi connectivity index (χ0n) is 36.5. The molecule has 0 N–H and O–H groups in total. The summed E-state index contributed by atoms with van der Waals surface area (Å²) in [5.74, 6) is -1.02. The van der Waals surface area contributed by atoms with E-state index in [2.05, 4.69) is 0 Å². The minimum Gasteiger partial charge on any atom is -0.307 e. The molecule has 71 heavy (non-hydrogen) atoms. The predicted molar refractivity (Wildman–Crippen MR) is 247 cm³/mol. The number of amides is 2. The molecule has 1 aromatic heterocycles. The fourth-order valence-corrected chi connectivity index (χ4v) is 9.03. The van der Waals surface area contributed by atoms with Gasteiger partial charge in [0.2, 0.25) is 6.41 Å². The fourth-order valence-electron chi connectivity index (χ4n) is 9.03. The van der Waals surface area contributed by atoms with Gasteiger partial charge in [-0.1, -0.05) is 127 Å². The number of hydrogen-bond donors (Lipinski definition) is 0. The lowest BCUT2D eigenvalue weighted by molar-refractivity contribution is -0.144. The van der Waals surface area contributed by atoms with Crippen molar-refractivity contribution in [2.75, 3.05) is 4.90 Å². The minimum absolute atomic E-state index is 0.0304. The summed E-state index contributed by atoms with van der Waals surface area (Å²) in [5, 5.41) is 0.0608. The molecule has 0 saturated heterocycles. The Hall–Kier alpha value is -8.14. The number of halogens is 12. The Kier molecular flexibility index (Phi) is 11.9. The van der Waals surface area contributed by atoms with Gasteiger partial charge in [0.25, 0.3) is 5.91 Å². The topological polar surface area (TPSA) is 42.3 Å². The Balaban J connectivity index is 1.39. The predicted octanol–water partition coefficient (Wildman–Crippen LogP) is 16.6. The third-order valence-electron chi connectivity index (χ3n) is 12.2. The van der Waals surface area contributed by atoms with E-state index in [4.69, 9.17) is 0 Å². The molecule has 1 heterocycles. The van der Waals surface area contributed by atoms with Crippen LogP contribution in [0.3, 0.4) is 0 Å². The lowest BCUT2D eigenvalue weighted by Crippen LogP contribution is -2.31. The van der Waals surface area contributed by atoms with Gasteiger partial charge in [-0.05, 0) is 82.8 Å². The largest absolute Gasteiger partial charge is 0.417 e. The highest BCUT2D eigenvalue weighted by Gasteiger charge is 2.41. The van der Waals surface area contributed by atoms with E-state index in [1.54, 1.807) is 42.5 Å². The second-order valence-corrected chi connectivity index (χ2v) is 16.5. The highest BCUT2D eigenvalue weighted by molar-refractivity contribution is 6.22. The van der Waals surface area contributed by atoms with Gasteiger partial charge < -0.3 is 4.57 Å². The average molecular weight is 981 g/mol.